The first kappa shape index (κ1) is 19.4. The van der Waals surface area contributed by atoms with Gasteiger partial charge < -0.3 is 15.0 Å². The fraction of sp³-hybridized carbons (Fsp3) is 0.217. The molecule has 0 aliphatic rings. The summed E-state index contributed by atoms with van der Waals surface area (Å²) >= 11 is 0. The van der Waals surface area contributed by atoms with Gasteiger partial charge in [-0.1, -0.05) is 48.5 Å². The maximum Gasteiger partial charge on any atom is 0.254 e. The van der Waals surface area contributed by atoms with Crippen molar-refractivity contribution in [1.29, 1.82) is 0 Å². The van der Waals surface area contributed by atoms with Gasteiger partial charge in [0.15, 0.2) is 0 Å². The maximum atomic E-state index is 13.0. The summed E-state index contributed by atoms with van der Waals surface area (Å²) in [4.78, 5) is 19.1. The van der Waals surface area contributed by atoms with Crippen LogP contribution in [-0.4, -0.2) is 29.4 Å². The zero-order valence-corrected chi connectivity index (χ0v) is 16.3. The number of amides is 1. The number of pyridine rings is 1. The van der Waals surface area contributed by atoms with E-state index in [0.717, 1.165) is 16.9 Å². The number of anilines is 1. The van der Waals surface area contributed by atoms with Crippen LogP contribution in [-0.2, 0) is 13.1 Å². The Labute approximate surface area is 166 Å². The summed E-state index contributed by atoms with van der Waals surface area (Å²) in [6.45, 7) is 3.78. The van der Waals surface area contributed by atoms with Crippen LogP contribution in [0.15, 0.2) is 72.9 Å². The topological polar surface area (TPSA) is 54.5 Å². The SMILES string of the molecule is CCN(Cc1ccccc1)C(=O)c1ccnc(NCc2ccccc2OC)c1. The Morgan fingerprint density at radius 2 is 1.82 bits per heavy atom. The molecule has 0 aliphatic heterocycles. The van der Waals surface area contributed by atoms with Crippen molar-refractivity contribution < 1.29 is 9.53 Å². The monoisotopic (exact) mass is 375 g/mol. The number of rotatable bonds is 8. The quantitative estimate of drug-likeness (QED) is 0.635. The van der Waals surface area contributed by atoms with E-state index in [1.807, 2.05) is 66.4 Å². The number of carbonyl (C=O) groups excluding carboxylic acids is 1. The van der Waals surface area contributed by atoms with E-state index in [1.54, 1.807) is 25.4 Å². The van der Waals surface area contributed by atoms with Gasteiger partial charge in [-0.15, -0.1) is 0 Å². The number of hydrogen-bond donors (Lipinski definition) is 1. The highest BCUT2D eigenvalue weighted by Gasteiger charge is 2.15. The molecular formula is C23H25N3O2. The van der Waals surface area contributed by atoms with E-state index in [4.69, 9.17) is 4.74 Å². The molecule has 0 radical (unpaired) electrons. The van der Waals surface area contributed by atoms with Gasteiger partial charge >= 0.3 is 0 Å². The van der Waals surface area contributed by atoms with Gasteiger partial charge in [0, 0.05) is 37.0 Å². The molecule has 0 aliphatic carbocycles. The maximum absolute atomic E-state index is 13.0. The molecule has 0 bridgehead atoms. The molecule has 0 saturated carbocycles. The molecule has 5 heteroatoms. The van der Waals surface area contributed by atoms with Crippen LogP contribution in [0.5, 0.6) is 5.75 Å². The van der Waals surface area contributed by atoms with E-state index in [1.165, 1.54) is 0 Å². The molecular weight excluding hydrogens is 350 g/mol. The molecule has 1 N–H and O–H groups in total. The first-order valence-corrected chi connectivity index (χ1v) is 9.36. The third kappa shape index (κ3) is 4.88. The average molecular weight is 375 g/mol. The van der Waals surface area contributed by atoms with Crippen LogP contribution in [0.2, 0.25) is 0 Å². The number of nitrogens with one attached hydrogen (secondary N) is 1. The fourth-order valence-corrected chi connectivity index (χ4v) is 3.01. The number of para-hydroxylation sites is 1. The van der Waals surface area contributed by atoms with Gasteiger partial charge in [0.2, 0.25) is 0 Å². The molecule has 5 nitrogen and oxygen atoms in total. The number of carbonyl (C=O) groups is 1. The summed E-state index contributed by atoms with van der Waals surface area (Å²) in [6.07, 6.45) is 1.66. The summed E-state index contributed by atoms with van der Waals surface area (Å²) < 4.78 is 5.38. The number of aromatic nitrogens is 1. The van der Waals surface area contributed by atoms with Crippen molar-refractivity contribution in [3.8, 4) is 5.75 Å². The third-order valence-electron chi connectivity index (χ3n) is 4.54. The molecule has 3 aromatic rings. The second-order valence-electron chi connectivity index (χ2n) is 6.40. The van der Waals surface area contributed by atoms with E-state index >= 15 is 0 Å². The number of hydrogen-bond acceptors (Lipinski definition) is 4. The van der Waals surface area contributed by atoms with Crippen molar-refractivity contribution in [2.75, 3.05) is 19.0 Å². The van der Waals surface area contributed by atoms with Crippen LogP contribution in [0.4, 0.5) is 5.82 Å². The van der Waals surface area contributed by atoms with Crippen molar-refractivity contribution >= 4 is 11.7 Å². The first-order valence-electron chi connectivity index (χ1n) is 9.36. The number of ether oxygens (including phenoxy) is 1. The van der Waals surface area contributed by atoms with Crippen molar-refractivity contribution in [1.82, 2.24) is 9.88 Å². The van der Waals surface area contributed by atoms with Gasteiger partial charge in [0.1, 0.15) is 11.6 Å². The minimum absolute atomic E-state index is 0.00547. The first-order chi connectivity index (χ1) is 13.7. The summed E-state index contributed by atoms with van der Waals surface area (Å²) in [5.41, 5.74) is 2.76. The molecule has 2 aromatic carbocycles. The van der Waals surface area contributed by atoms with Gasteiger partial charge in [-0.25, -0.2) is 4.98 Å². The minimum atomic E-state index is -0.00547. The molecule has 0 saturated heterocycles. The molecule has 28 heavy (non-hydrogen) atoms. The zero-order valence-electron chi connectivity index (χ0n) is 16.3. The van der Waals surface area contributed by atoms with E-state index in [-0.39, 0.29) is 5.91 Å². The largest absolute Gasteiger partial charge is 0.496 e. The van der Waals surface area contributed by atoms with Crippen LogP contribution in [0.1, 0.15) is 28.4 Å². The summed E-state index contributed by atoms with van der Waals surface area (Å²) in [7, 11) is 1.66. The smallest absolute Gasteiger partial charge is 0.254 e. The number of nitrogens with zero attached hydrogens (tertiary/aromatic N) is 2. The highest BCUT2D eigenvalue weighted by molar-refractivity contribution is 5.94. The standard InChI is InChI=1S/C23H25N3O2/c1-3-26(17-18-9-5-4-6-10-18)23(27)19-13-14-24-22(15-19)25-16-20-11-7-8-12-21(20)28-2/h4-15H,3,16-17H2,1-2H3,(H,24,25). The van der Waals surface area contributed by atoms with E-state index < -0.39 is 0 Å². The molecule has 1 amide bonds. The van der Waals surface area contributed by atoms with Crippen LogP contribution in [0.25, 0.3) is 0 Å². The lowest BCUT2D eigenvalue weighted by Crippen LogP contribution is -2.30. The second kappa shape index (κ2) is 9.55. The lowest BCUT2D eigenvalue weighted by atomic mass is 10.1. The predicted octanol–water partition coefficient (Wildman–Crippen LogP) is 4.36. The minimum Gasteiger partial charge on any atom is -0.496 e. The average Bonchev–Trinajstić information content (AvgIpc) is 2.76. The molecule has 0 atom stereocenters. The Bertz CT molecular complexity index is 912. The van der Waals surface area contributed by atoms with Crippen molar-refractivity contribution in [3.63, 3.8) is 0 Å². The van der Waals surface area contributed by atoms with E-state index in [9.17, 15) is 4.79 Å². The van der Waals surface area contributed by atoms with Crippen molar-refractivity contribution in [2.24, 2.45) is 0 Å². The number of methoxy groups -OCH3 is 1. The van der Waals surface area contributed by atoms with Crippen molar-refractivity contribution in [2.45, 2.75) is 20.0 Å². The Balaban J connectivity index is 1.70. The molecule has 0 fully saturated rings. The lowest BCUT2D eigenvalue weighted by Gasteiger charge is -2.21. The normalized spacial score (nSPS) is 10.4. The zero-order chi connectivity index (χ0) is 19.8. The number of benzene rings is 2. The fourth-order valence-electron chi connectivity index (χ4n) is 3.01. The van der Waals surface area contributed by atoms with Crippen LogP contribution < -0.4 is 10.1 Å². The summed E-state index contributed by atoms with van der Waals surface area (Å²) in [5.74, 6) is 1.48. The van der Waals surface area contributed by atoms with E-state index in [0.29, 0.717) is 31.0 Å². The van der Waals surface area contributed by atoms with Crippen molar-refractivity contribution in [3.05, 3.63) is 89.6 Å². The van der Waals surface area contributed by atoms with Gasteiger partial charge in [-0.3, -0.25) is 4.79 Å². The summed E-state index contributed by atoms with van der Waals surface area (Å²) in [6, 6.07) is 21.4. The third-order valence-corrected chi connectivity index (χ3v) is 4.54. The Hall–Kier alpha value is -3.34. The van der Waals surface area contributed by atoms with Crippen LogP contribution in [0, 0.1) is 0 Å². The molecule has 1 aromatic heterocycles. The van der Waals surface area contributed by atoms with E-state index in [2.05, 4.69) is 10.3 Å². The van der Waals surface area contributed by atoms with Gasteiger partial charge in [-0.2, -0.15) is 0 Å². The molecule has 144 valence electrons. The molecule has 3 rings (SSSR count). The summed E-state index contributed by atoms with van der Waals surface area (Å²) in [5, 5.41) is 3.28. The molecule has 1 heterocycles. The van der Waals surface area contributed by atoms with Gasteiger partial charge in [0.05, 0.1) is 7.11 Å². The molecule has 0 unspecified atom stereocenters. The predicted molar refractivity (Wildman–Crippen MR) is 111 cm³/mol. The lowest BCUT2D eigenvalue weighted by molar-refractivity contribution is 0.0752. The highest BCUT2D eigenvalue weighted by Crippen LogP contribution is 2.19. The Morgan fingerprint density at radius 3 is 2.57 bits per heavy atom. The van der Waals surface area contributed by atoms with Gasteiger partial charge in [0.25, 0.3) is 5.91 Å². The van der Waals surface area contributed by atoms with Gasteiger partial charge in [-0.05, 0) is 30.7 Å². The second-order valence-corrected chi connectivity index (χ2v) is 6.40. The van der Waals surface area contributed by atoms with Crippen LogP contribution in [0.3, 0.4) is 0 Å². The highest BCUT2D eigenvalue weighted by atomic mass is 16.5. The Morgan fingerprint density at radius 1 is 1.07 bits per heavy atom. The molecule has 0 spiro atoms. The Kier molecular flexibility index (Phi) is 6.63. The van der Waals surface area contributed by atoms with Crippen LogP contribution >= 0.6 is 0 Å².